The van der Waals surface area contributed by atoms with Crippen molar-refractivity contribution in [1.29, 1.82) is 5.26 Å². The number of methoxy groups -OCH3 is 1. The largest absolute Gasteiger partial charge is 0.504 e. The van der Waals surface area contributed by atoms with Gasteiger partial charge in [-0.3, -0.25) is 14.3 Å². The number of para-hydroxylation sites is 1. The van der Waals surface area contributed by atoms with Gasteiger partial charge in [0.15, 0.2) is 11.5 Å². The van der Waals surface area contributed by atoms with Gasteiger partial charge in [0.2, 0.25) is 0 Å². The first-order valence-corrected chi connectivity index (χ1v) is 9.01. The Bertz CT molecular complexity index is 1230. The molecule has 0 saturated heterocycles. The van der Waals surface area contributed by atoms with Crippen molar-refractivity contribution in [1.82, 2.24) is 9.36 Å². The van der Waals surface area contributed by atoms with Crippen LogP contribution >= 0.6 is 0 Å². The topological polar surface area (TPSA) is 109 Å². The van der Waals surface area contributed by atoms with Gasteiger partial charge in [-0.2, -0.15) is 5.26 Å². The summed E-state index contributed by atoms with van der Waals surface area (Å²) in [4.78, 5) is 25.6. The molecule has 152 valence electrons. The number of hydrogen-bond donors (Lipinski definition) is 2. The van der Waals surface area contributed by atoms with Gasteiger partial charge in [-0.05, 0) is 42.8 Å². The number of nitrogens with one attached hydrogen (secondary N) is 1. The third-order valence-corrected chi connectivity index (χ3v) is 4.67. The maximum Gasteiger partial charge on any atom is 0.295 e. The lowest BCUT2D eigenvalue weighted by atomic mass is 10.1. The fraction of sp³-hybridized carbons (Fsp3) is 0.136. The number of rotatable bonds is 5. The number of anilines is 1. The molecule has 2 aromatic carbocycles. The highest BCUT2D eigenvalue weighted by Crippen LogP contribution is 2.27. The van der Waals surface area contributed by atoms with Crippen LogP contribution in [0.25, 0.3) is 11.8 Å². The number of aromatic hydroxyl groups is 1. The molecule has 8 heteroatoms. The lowest BCUT2D eigenvalue weighted by Gasteiger charge is -2.07. The standard InChI is InChI=1S/C22H20N4O4/c1-14-20(22(29)26(25(14)2)17-7-5-4-6-8-17)24-21(28)16(13-23)11-15-9-10-18(27)19(12-15)30-3/h4-12,27H,1-3H3,(H,24,28)/b16-11+. The van der Waals surface area contributed by atoms with E-state index in [0.717, 1.165) is 0 Å². The quantitative estimate of drug-likeness (QED) is 0.502. The van der Waals surface area contributed by atoms with Crippen LogP contribution in [-0.2, 0) is 11.8 Å². The summed E-state index contributed by atoms with van der Waals surface area (Å²) in [5.74, 6) is -0.555. The van der Waals surface area contributed by atoms with Gasteiger partial charge >= 0.3 is 0 Å². The molecule has 2 N–H and O–H groups in total. The van der Waals surface area contributed by atoms with Gasteiger partial charge in [-0.15, -0.1) is 0 Å². The van der Waals surface area contributed by atoms with Crippen LogP contribution in [-0.4, -0.2) is 27.5 Å². The zero-order valence-corrected chi connectivity index (χ0v) is 16.7. The van der Waals surface area contributed by atoms with Gasteiger partial charge in [0.25, 0.3) is 11.5 Å². The Labute approximate surface area is 172 Å². The van der Waals surface area contributed by atoms with E-state index in [-0.39, 0.29) is 22.8 Å². The van der Waals surface area contributed by atoms with Crippen molar-refractivity contribution < 1.29 is 14.6 Å². The number of amides is 1. The lowest BCUT2D eigenvalue weighted by molar-refractivity contribution is -0.112. The molecule has 3 aromatic rings. The summed E-state index contributed by atoms with van der Waals surface area (Å²) in [5, 5.41) is 21.7. The third kappa shape index (κ3) is 3.82. The molecule has 0 atom stereocenters. The van der Waals surface area contributed by atoms with E-state index in [1.54, 1.807) is 36.9 Å². The molecule has 0 saturated carbocycles. The molecule has 0 fully saturated rings. The van der Waals surface area contributed by atoms with E-state index in [0.29, 0.717) is 16.9 Å². The number of phenolic OH excluding ortho intramolecular Hbond substituents is 1. The van der Waals surface area contributed by atoms with Crippen molar-refractivity contribution in [2.75, 3.05) is 12.4 Å². The van der Waals surface area contributed by atoms with E-state index in [1.807, 2.05) is 24.3 Å². The molecule has 1 aromatic heterocycles. The highest BCUT2D eigenvalue weighted by molar-refractivity contribution is 6.09. The van der Waals surface area contributed by atoms with Crippen molar-refractivity contribution in [3.63, 3.8) is 0 Å². The van der Waals surface area contributed by atoms with Crippen LogP contribution in [0.4, 0.5) is 5.69 Å². The van der Waals surface area contributed by atoms with Gasteiger partial charge in [0, 0.05) is 7.05 Å². The number of hydrogen-bond acceptors (Lipinski definition) is 5. The Balaban J connectivity index is 1.95. The van der Waals surface area contributed by atoms with E-state index < -0.39 is 11.5 Å². The van der Waals surface area contributed by atoms with Gasteiger partial charge in [0.05, 0.1) is 18.5 Å². The summed E-state index contributed by atoms with van der Waals surface area (Å²) >= 11 is 0. The molecule has 0 spiro atoms. The van der Waals surface area contributed by atoms with Crippen LogP contribution in [0.2, 0.25) is 0 Å². The van der Waals surface area contributed by atoms with Crippen molar-refractivity contribution >= 4 is 17.7 Å². The highest BCUT2D eigenvalue weighted by atomic mass is 16.5. The van der Waals surface area contributed by atoms with Crippen LogP contribution in [0, 0.1) is 18.3 Å². The number of carbonyl (C=O) groups excluding carboxylic acids is 1. The van der Waals surface area contributed by atoms with E-state index in [9.17, 15) is 20.0 Å². The molecule has 0 aliphatic heterocycles. The first-order chi connectivity index (χ1) is 14.4. The fourth-order valence-electron chi connectivity index (χ4n) is 2.99. The molecule has 1 amide bonds. The second kappa shape index (κ2) is 8.41. The van der Waals surface area contributed by atoms with Crippen molar-refractivity contribution in [3.8, 4) is 23.3 Å². The lowest BCUT2D eigenvalue weighted by Crippen LogP contribution is -2.23. The molecule has 0 unspecified atom stereocenters. The Kier molecular flexibility index (Phi) is 5.74. The third-order valence-electron chi connectivity index (χ3n) is 4.67. The SMILES string of the molecule is COc1cc(/C=C(\C#N)C(=O)Nc2c(C)n(C)n(-c3ccccc3)c2=O)ccc1O. The molecule has 0 aliphatic carbocycles. The van der Waals surface area contributed by atoms with Gasteiger partial charge < -0.3 is 15.2 Å². The Hall–Kier alpha value is -4.25. The van der Waals surface area contributed by atoms with Crippen LogP contribution < -0.4 is 15.6 Å². The number of nitriles is 1. The van der Waals surface area contributed by atoms with Crippen molar-refractivity contribution in [3.05, 3.63) is 75.7 Å². The predicted molar refractivity (Wildman–Crippen MR) is 113 cm³/mol. The maximum atomic E-state index is 12.9. The zero-order chi connectivity index (χ0) is 21.8. The summed E-state index contributed by atoms with van der Waals surface area (Å²) in [5.41, 5.74) is 1.18. The van der Waals surface area contributed by atoms with Gasteiger partial charge in [-0.25, -0.2) is 4.68 Å². The number of aromatic nitrogens is 2. The predicted octanol–water partition coefficient (Wildman–Crippen LogP) is 2.74. The van der Waals surface area contributed by atoms with Crippen molar-refractivity contribution in [2.24, 2.45) is 7.05 Å². The minimum atomic E-state index is -0.712. The van der Waals surface area contributed by atoms with Crippen LogP contribution in [0.1, 0.15) is 11.3 Å². The smallest absolute Gasteiger partial charge is 0.295 e. The average Bonchev–Trinajstić information content (AvgIpc) is 2.96. The molecular formula is C22H20N4O4. The first kappa shape index (κ1) is 20.5. The highest BCUT2D eigenvalue weighted by Gasteiger charge is 2.20. The second-order valence-corrected chi connectivity index (χ2v) is 6.49. The van der Waals surface area contributed by atoms with Crippen LogP contribution in [0.3, 0.4) is 0 Å². The molecule has 8 nitrogen and oxygen atoms in total. The number of ether oxygens (including phenoxy) is 1. The molecule has 0 radical (unpaired) electrons. The molecule has 1 heterocycles. The summed E-state index contributed by atoms with van der Waals surface area (Å²) in [7, 11) is 3.11. The number of carbonyl (C=O) groups is 1. The zero-order valence-electron chi connectivity index (χ0n) is 16.7. The molecule has 0 bridgehead atoms. The van der Waals surface area contributed by atoms with Crippen LogP contribution in [0.5, 0.6) is 11.5 Å². The summed E-state index contributed by atoms with van der Waals surface area (Å²) in [6, 6.07) is 15.3. The van der Waals surface area contributed by atoms with E-state index in [1.165, 1.54) is 30.0 Å². The summed E-state index contributed by atoms with van der Waals surface area (Å²) in [6.45, 7) is 1.71. The molecular weight excluding hydrogens is 384 g/mol. The van der Waals surface area contributed by atoms with Gasteiger partial charge in [0.1, 0.15) is 17.3 Å². The normalized spacial score (nSPS) is 11.1. The van der Waals surface area contributed by atoms with E-state index in [4.69, 9.17) is 4.74 Å². The molecule has 30 heavy (non-hydrogen) atoms. The second-order valence-electron chi connectivity index (χ2n) is 6.49. The number of phenols is 1. The first-order valence-electron chi connectivity index (χ1n) is 9.01. The Morgan fingerprint density at radius 1 is 1.23 bits per heavy atom. The van der Waals surface area contributed by atoms with E-state index >= 15 is 0 Å². The van der Waals surface area contributed by atoms with Gasteiger partial charge in [-0.1, -0.05) is 24.3 Å². The minimum Gasteiger partial charge on any atom is -0.504 e. The average molecular weight is 404 g/mol. The monoisotopic (exact) mass is 404 g/mol. The Morgan fingerprint density at radius 2 is 1.93 bits per heavy atom. The van der Waals surface area contributed by atoms with Crippen LogP contribution in [0.15, 0.2) is 58.9 Å². The van der Waals surface area contributed by atoms with E-state index in [2.05, 4.69) is 5.32 Å². The minimum absolute atomic E-state index is 0.0565. The number of benzene rings is 2. The molecule has 3 rings (SSSR count). The summed E-state index contributed by atoms with van der Waals surface area (Å²) in [6.07, 6.45) is 1.35. The fourth-order valence-corrected chi connectivity index (χ4v) is 2.99. The summed E-state index contributed by atoms with van der Waals surface area (Å²) < 4.78 is 8.11. The maximum absolute atomic E-state index is 12.9. The number of nitrogens with zero attached hydrogens (tertiary/aromatic N) is 3. The Morgan fingerprint density at radius 3 is 2.57 bits per heavy atom. The molecule has 0 aliphatic rings. The van der Waals surface area contributed by atoms with Crippen molar-refractivity contribution in [2.45, 2.75) is 6.92 Å².